The van der Waals surface area contributed by atoms with Gasteiger partial charge in [-0.1, -0.05) is 17.7 Å². The van der Waals surface area contributed by atoms with Gasteiger partial charge in [0.2, 0.25) is 0 Å². The molecule has 0 aliphatic rings. The van der Waals surface area contributed by atoms with Crippen LogP contribution in [-0.4, -0.2) is 11.1 Å². The molecule has 0 unspecified atom stereocenters. The lowest BCUT2D eigenvalue weighted by atomic mass is 10.1. The van der Waals surface area contributed by atoms with Crippen LogP contribution in [0.2, 0.25) is 5.02 Å². The Labute approximate surface area is 78.4 Å². The van der Waals surface area contributed by atoms with Crippen LogP contribution in [0.5, 0.6) is 0 Å². The van der Waals surface area contributed by atoms with E-state index in [0.29, 0.717) is 0 Å². The van der Waals surface area contributed by atoms with E-state index in [-0.39, 0.29) is 10.6 Å². The molecule has 0 bridgehead atoms. The highest BCUT2D eigenvalue weighted by Crippen LogP contribution is 2.23. The molecule has 1 rings (SSSR count). The number of aliphatic carboxylic acids is 1. The fraction of sp³-hybridized carbons (Fsp3) is 0.125. The molecule has 1 aromatic carbocycles. The van der Waals surface area contributed by atoms with Crippen molar-refractivity contribution in [1.82, 2.24) is 0 Å². The van der Waals surface area contributed by atoms with Gasteiger partial charge in [0.05, 0.1) is 5.97 Å². The number of carboxylic acid groups (broad SMARTS) is 1. The molecule has 70 valence electrons. The molecule has 1 aromatic rings. The highest BCUT2D eigenvalue weighted by Gasteiger charge is 2.12. The van der Waals surface area contributed by atoms with Crippen molar-refractivity contribution in [3.63, 3.8) is 0 Å². The summed E-state index contributed by atoms with van der Waals surface area (Å²) in [5.41, 5.74) is -0.0805. The van der Waals surface area contributed by atoms with Gasteiger partial charge in [-0.25, -0.2) is 4.39 Å². The van der Waals surface area contributed by atoms with Crippen molar-refractivity contribution in [3.05, 3.63) is 34.6 Å². The number of carbonyl (C=O) groups is 1. The molecule has 0 fully saturated rings. The zero-order valence-corrected chi connectivity index (χ0v) is 7.08. The summed E-state index contributed by atoms with van der Waals surface area (Å²) in [4.78, 5) is 10.2. The first kappa shape index (κ1) is 9.95. The van der Waals surface area contributed by atoms with Gasteiger partial charge in [0.15, 0.2) is 0 Å². The van der Waals surface area contributed by atoms with Crippen molar-refractivity contribution in [3.8, 4) is 0 Å². The van der Waals surface area contributed by atoms with E-state index in [1.54, 1.807) is 0 Å². The monoisotopic (exact) mass is 203 g/mol. The summed E-state index contributed by atoms with van der Waals surface area (Å²) in [6, 6.07) is 3.02. The predicted molar refractivity (Wildman–Crippen MR) is 41.4 cm³/mol. The molecule has 5 heteroatoms. The lowest BCUT2D eigenvalue weighted by Crippen LogP contribution is -2.29. The van der Waals surface area contributed by atoms with Gasteiger partial charge >= 0.3 is 0 Å². The Morgan fingerprint density at radius 3 is 2.69 bits per heavy atom. The predicted octanol–water partition coefficient (Wildman–Crippen LogP) is 0.262. The Kier molecular flexibility index (Phi) is 2.85. The number of aliphatic hydroxyl groups is 1. The first-order chi connectivity index (χ1) is 6.02. The molecule has 0 aliphatic carbocycles. The van der Waals surface area contributed by atoms with E-state index in [2.05, 4.69) is 0 Å². The van der Waals surface area contributed by atoms with E-state index in [1.807, 2.05) is 0 Å². The first-order valence-electron chi connectivity index (χ1n) is 3.36. The van der Waals surface area contributed by atoms with Crippen molar-refractivity contribution in [2.45, 2.75) is 6.10 Å². The van der Waals surface area contributed by atoms with Gasteiger partial charge in [0, 0.05) is 10.6 Å². The molecule has 0 radical (unpaired) electrons. The zero-order valence-electron chi connectivity index (χ0n) is 6.33. The number of rotatable bonds is 2. The highest BCUT2D eigenvalue weighted by atomic mass is 35.5. The number of aliphatic hydroxyl groups excluding tert-OH is 1. The maximum atomic E-state index is 12.5. The molecule has 13 heavy (non-hydrogen) atoms. The number of hydrogen-bond acceptors (Lipinski definition) is 3. The highest BCUT2D eigenvalue weighted by molar-refractivity contribution is 6.31. The number of carboxylic acids is 1. The summed E-state index contributed by atoms with van der Waals surface area (Å²) in [5, 5.41) is 19.1. The van der Waals surface area contributed by atoms with Crippen LogP contribution in [0.1, 0.15) is 11.7 Å². The largest absolute Gasteiger partial charge is 0.547 e. The maximum Gasteiger partial charge on any atom is 0.124 e. The number of benzene rings is 1. The van der Waals surface area contributed by atoms with E-state index in [1.165, 1.54) is 0 Å². The molecular formula is C8H5ClFO3-. The van der Waals surface area contributed by atoms with Crippen LogP contribution in [0.15, 0.2) is 18.2 Å². The molecule has 0 aliphatic heterocycles. The molecule has 3 nitrogen and oxygen atoms in total. The van der Waals surface area contributed by atoms with Gasteiger partial charge in [-0.2, -0.15) is 0 Å². The quantitative estimate of drug-likeness (QED) is 0.750. The second kappa shape index (κ2) is 3.72. The van der Waals surface area contributed by atoms with Crippen molar-refractivity contribution < 1.29 is 19.4 Å². The van der Waals surface area contributed by atoms with E-state index < -0.39 is 17.9 Å². The van der Waals surface area contributed by atoms with Gasteiger partial charge in [0.1, 0.15) is 11.9 Å². The summed E-state index contributed by atoms with van der Waals surface area (Å²) in [5.74, 6) is -2.27. The summed E-state index contributed by atoms with van der Waals surface area (Å²) >= 11 is 5.48. The lowest BCUT2D eigenvalue weighted by Gasteiger charge is -2.12. The van der Waals surface area contributed by atoms with E-state index >= 15 is 0 Å². The third-order valence-electron chi connectivity index (χ3n) is 1.48. The minimum Gasteiger partial charge on any atom is -0.547 e. The fourth-order valence-corrected chi connectivity index (χ4v) is 1.12. The maximum absolute atomic E-state index is 12.5. The molecule has 0 heterocycles. The minimum absolute atomic E-state index is 0.0805. The van der Waals surface area contributed by atoms with Gasteiger partial charge in [-0.3, -0.25) is 0 Å². The van der Waals surface area contributed by atoms with Crippen LogP contribution in [0.3, 0.4) is 0 Å². The van der Waals surface area contributed by atoms with Crippen LogP contribution < -0.4 is 5.11 Å². The zero-order chi connectivity index (χ0) is 10.0. The molecule has 0 saturated carbocycles. The number of hydrogen-bond donors (Lipinski definition) is 1. The van der Waals surface area contributed by atoms with Crippen LogP contribution in [-0.2, 0) is 4.79 Å². The Morgan fingerprint density at radius 2 is 2.23 bits per heavy atom. The van der Waals surface area contributed by atoms with Crippen molar-refractivity contribution in [1.29, 1.82) is 0 Å². The second-order valence-electron chi connectivity index (χ2n) is 2.39. The van der Waals surface area contributed by atoms with Crippen LogP contribution in [0.25, 0.3) is 0 Å². The third kappa shape index (κ3) is 2.17. The van der Waals surface area contributed by atoms with Crippen molar-refractivity contribution in [2.75, 3.05) is 0 Å². The van der Waals surface area contributed by atoms with Gasteiger partial charge < -0.3 is 15.0 Å². The van der Waals surface area contributed by atoms with Crippen LogP contribution in [0, 0.1) is 5.82 Å². The topological polar surface area (TPSA) is 60.4 Å². The molecule has 0 aromatic heterocycles. The molecule has 1 N–H and O–H groups in total. The van der Waals surface area contributed by atoms with Gasteiger partial charge in [-0.15, -0.1) is 0 Å². The first-order valence-corrected chi connectivity index (χ1v) is 3.74. The Balaban J connectivity index is 3.08. The lowest BCUT2D eigenvalue weighted by molar-refractivity contribution is -0.315. The Bertz CT molecular complexity index is 340. The van der Waals surface area contributed by atoms with Crippen LogP contribution in [0.4, 0.5) is 4.39 Å². The average molecular weight is 204 g/mol. The smallest absolute Gasteiger partial charge is 0.124 e. The van der Waals surface area contributed by atoms with Crippen LogP contribution >= 0.6 is 11.6 Å². The Morgan fingerprint density at radius 1 is 1.62 bits per heavy atom. The summed E-state index contributed by atoms with van der Waals surface area (Å²) in [6.45, 7) is 0. The minimum atomic E-state index is -1.83. The summed E-state index contributed by atoms with van der Waals surface area (Å²) in [7, 11) is 0. The fourth-order valence-electron chi connectivity index (χ4n) is 0.850. The average Bonchev–Trinajstić information content (AvgIpc) is 2.03. The number of halogens is 2. The van der Waals surface area contributed by atoms with Gasteiger partial charge in [0.25, 0.3) is 0 Å². The van der Waals surface area contributed by atoms with E-state index in [0.717, 1.165) is 18.2 Å². The molecule has 0 saturated heterocycles. The molecule has 0 amide bonds. The van der Waals surface area contributed by atoms with E-state index in [4.69, 9.17) is 16.7 Å². The number of carbonyl (C=O) groups excluding carboxylic acids is 1. The molecular weight excluding hydrogens is 199 g/mol. The molecule has 1 atom stereocenters. The summed E-state index contributed by atoms with van der Waals surface area (Å²) < 4.78 is 12.5. The SMILES string of the molecule is O=C([O-])[C@H](O)c1ccc(F)cc1Cl. The van der Waals surface area contributed by atoms with Gasteiger partial charge in [-0.05, 0) is 12.1 Å². The summed E-state index contributed by atoms with van der Waals surface area (Å²) in [6.07, 6.45) is -1.83. The standard InChI is InChI=1S/C8H6ClFO3/c9-6-3-4(10)1-2-5(6)7(11)8(12)13/h1-3,7,11H,(H,12,13)/p-1/t7-/m1/s1. The second-order valence-corrected chi connectivity index (χ2v) is 2.79. The van der Waals surface area contributed by atoms with Crippen molar-refractivity contribution in [2.24, 2.45) is 0 Å². The normalized spacial score (nSPS) is 12.5. The third-order valence-corrected chi connectivity index (χ3v) is 1.81. The van der Waals surface area contributed by atoms with E-state index in [9.17, 15) is 14.3 Å². The van der Waals surface area contributed by atoms with Crippen molar-refractivity contribution >= 4 is 17.6 Å². The molecule has 0 spiro atoms. The Hall–Kier alpha value is -1.13.